The van der Waals surface area contributed by atoms with Crippen LogP contribution in [-0.2, 0) is 11.2 Å². The van der Waals surface area contributed by atoms with Crippen molar-refractivity contribution in [3.63, 3.8) is 0 Å². The highest BCUT2D eigenvalue weighted by Crippen LogP contribution is 2.31. The van der Waals surface area contributed by atoms with E-state index in [-0.39, 0.29) is 5.84 Å². The molecular formula is C24H25N7O. The summed E-state index contributed by atoms with van der Waals surface area (Å²) in [6.45, 7) is 5.07. The maximum atomic E-state index is 7.38. The monoisotopic (exact) mass is 427 g/mol. The Morgan fingerprint density at radius 3 is 2.78 bits per heavy atom. The largest absolute Gasteiger partial charge is 0.383 e. The average molecular weight is 428 g/mol. The number of benzene rings is 2. The highest BCUT2D eigenvalue weighted by molar-refractivity contribution is 6.10. The Morgan fingerprint density at radius 2 is 2.00 bits per heavy atom. The molecule has 4 aromatic rings. The molecule has 0 unspecified atom stereocenters. The first-order chi connectivity index (χ1) is 15.7. The van der Waals surface area contributed by atoms with Crippen LogP contribution in [0.2, 0.25) is 0 Å². The van der Waals surface area contributed by atoms with Crippen molar-refractivity contribution in [2.75, 3.05) is 31.2 Å². The number of aryl methyl sites for hydroxylation is 1. The van der Waals surface area contributed by atoms with Crippen LogP contribution in [0.15, 0.2) is 53.7 Å². The summed E-state index contributed by atoms with van der Waals surface area (Å²) in [4.78, 5) is 15.9. The van der Waals surface area contributed by atoms with Crippen LogP contribution in [0.4, 0.5) is 5.69 Å². The number of fused-ring (bicyclic) bond motifs is 2. The molecule has 1 aliphatic rings. The normalized spacial score (nSPS) is 14.9. The molecule has 1 fully saturated rings. The van der Waals surface area contributed by atoms with Crippen molar-refractivity contribution in [2.45, 2.75) is 13.3 Å². The van der Waals surface area contributed by atoms with Crippen molar-refractivity contribution in [1.29, 1.82) is 5.41 Å². The Bertz CT molecular complexity index is 1340. The number of pyridine rings is 1. The van der Waals surface area contributed by atoms with E-state index in [1.807, 2.05) is 30.5 Å². The lowest BCUT2D eigenvalue weighted by Gasteiger charge is -2.29. The van der Waals surface area contributed by atoms with Gasteiger partial charge in [0.05, 0.1) is 36.1 Å². The zero-order valence-corrected chi connectivity index (χ0v) is 18.0. The van der Waals surface area contributed by atoms with E-state index < -0.39 is 0 Å². The lowest BCUT2D eigenvalue weighted by molar-refractivity contribution is 0.122. The van der Waals surface area contributed by atoms with Crippen LogP contribution in [0.5, 0.6) is 0 Å². The van der Waals surface area contributed by atoms with Crippen molar-refractivity contribution in [3.05, 3.63) is 60.0 Å². The van der Waals surface area contributed by atoms with Gasteiger partial charge < -0.3 is 15.4 Å². The van der Waals surface area contributed by atoms with Gasteiger partial charge in [0.2, 0.25) is 0 Å². The zero-order valence-electron chi connectivity index (χ0n) is 18.0. The zero-order chi connectivity index (χ0) is 22.1. The predicted octanol–water partition coefficient (Wildman–Crippen LogP) is 3.29. The number of aromatic nitrogens is 3. The topological polar surface area (TPSA) is 105 Å². The molecule has 2 aromatic heterocycles. The minimum atomic E-state index is 0.282. The molecule has 1 saturated heterocycles. The maximum absolute atomic E-state index is 7.38. The summed E-state index contributed by atoms with van der Waals surface area (Å²) in [5.74, 6) is 1.20. The van der Waals surface area contributed by atoms with E-state index in [4.69, 9.17) is 20.9 Å². The van der Waals surface area contributed by atoms with Gasteiger partial charge in [-0.25, -0.2) is 9.98 Å². The lowest BCUT2D eigenvalue weighted by atomic mass is 10.1. The number of para-hydroxylation sites is 1. The van der Waals surface area contributed by atoms with Gasteiger partial charge in [0.25, 0.3) is 0 Å². The third-order valence-electron chi connectivity index (χ3n) is 5.82. The number of morpholine rings is 1. The number of nitrogens with zero attached hydrogens (tertiary/aromatic N) is 5. The van der Waals surface area contributed by atoms with Crippen LogP contribution >= 0.6 is 0 Å². The molecule has 32 heavy (non-hydrogen) atoms. The van der Waals surface area contributed by atoms with E-state index in [1.54, 1.807) is 0 Å². The van der Waals surface area contributed by atoms with Crippen LogP contribution in [0, 0.1) is 5.41 Å². The van der Waals surface area contributed by atoms with Crippen LogP contribution in [0.1, 0.15) is 18.3 Å². The van der Waals surface area contributed by atoms with Gasteiger partial charge in [-0.2, -0.15) is 0 Å². The van der Waals surface area contributed by atoms with Crippen molar-refractivity contribution >= 4 is 39.8 Å². The number of aliphatic imine (C=N–C) groups is 1. The third-order valence-corrected chi connectivity index (χ3v) is 5.82. The number of nitrogens with one attached hydrogen (secondary N) is 1. The fraction of sp³-hybridized carbons (Fsp3) is 0.250. The van der Waals surface area contributed by atoms with Crippen LogP contribution < -0.4 is 10.6 Å². The molecule has 0 bridgehead atoms. The molecule has 0 spiro atoms. The Balaban J connectivity index is 1.78. The summed E-state index contributed by atoms with van der Waals surface area (Å²) in [5, 5.41) is 8.45. The first-order valence-electron chi connectivity index (χ1n) is 10.8. The molecule has 0 atom stereocenters. The second kappa shape index (κ2) is 8.39. The van der Waals surface area contributed by atoms with Gasteiger partial charge in [-0.15, -0.1) is 0 Å². The van der Waals surface area contributed by atoms with Gasteiger partial charge in [-0.1, -0.05) is 25.1 Å². The predicted molar refractivity (Wildman–Crippen MR) is 128 cm³/mol. The number of hydrogen-bond donors (Lipinski definition) is 2. The van der Waals surface area contributed by atoms with Gasteiger partial charge in [-0.05, 0) is 24.3 Å². The fourth-order valence-electron chi connectivity index (χ4n) is 4.26. The smallest absolute Gasteiger partial charge is 0.134 e. The number of ether oxygens (including phenoxy) is 1. The number of nitrogens with two attached hydrogens (primary N) is 1. The highest BCUT2D eigenvalue weighted by Gasteiger charge is 2.21. The molecule has 5 rings (SSSR count). The molecule has 2 aromatic carbocycles. The van der Waals surface area contributed by atoms with E-state index in [1.165, 1.54) is 0 Å². The molecule has 0 radical (unpaired) electrons. The van der Waals surface area contributed by atoms with E-state index >= 15 is 0 Å². The second-order valence-electron chi connectivity index (χ2n) is 7.71. The standard InChI is InChI=1S/C24H25N7O/c1-2-22-29-23-19(24(26)28-15-25)12-17(30-7-9-32-10-8-30)13-21(23)31(22)18-11-16-5-3-4-6-20(16)27-14-18/h3-6,11-15H,2,7-10H2,1H3,(H3,25,26,28). The van der Waals surface area contributed by atoms with E-state index in [0.717, 1.165) is 70.5 Å². The van der Waals surface area contributed by atoms with Crippen molar-refractivity contribution in [1.82, 2.24) is 14.5 Å². The summed E-state index contributed by atoms with van der Waals surface area (Å²) in [6, 6.07) is 14.4. The molecule has 8 nitrogen and oxygen atoms in total. The fourth-order valence-corrected chi connectivity index (χ4v) is 4.26. The average Bonchev–Trinajstić information content (AvgIpc) is 3.22. The summed E-state index contributed by atoms with van der Waals surface area (Å²) in [7, 11) is 0. The van der Waals surface area contributed by atoms with Gasteiger partial charge in [-0.3, -0.25) is 15.0 Å². The summed E-state index contributed by atoms with van der Waals surface area (Å²) in [6.07, 6.45) is 3.60. The summed E-state index contributed by atoms with van der Waals surface area (Å²) in [5.41, 5.74) is 11.7. The summed E-state index contributed by atoms with van der Waals surface area (Å²) >= 11 is 0. The molecule has 162 valence electrons. The molecule has 0 saturated carbocycles. The van der Waals surface area contributed by atoms with Gasteiger partial charge >= 0.3 is 0 Å². The maximum Gasteiger partial charge on any atom is 0.134 e. The first kappa shape index (κ1) is 20.1. The summed E-state index contributed by atoms with van der Waals surface area (Å²) < 4.78 is 7.69. The molecule has 3 N–H and O–H groups in total. The van der Waals surface area contributed by atoms with Crippen molar-refractivity contribution < 1.29 is 4.74 Å². The van der Waals surface area contributed by atoms with Gasteiger partial charge in [0.1, 0.15) is 23.5 Å². The SMILES string of the molecule is CCc1nc2c(C(N)=NC=N)cc(N3CCOCC3)cc2n1-c1cnc2ccccc2c1. The number of rotatable bonds is 5. The molecule has 1 aliphatic heterocycles. The Hall–Kier alpha value is -3.78. The van der Waals surface area contributed by atoms with Gasteiger partial charge in [0, 0.05) is 36.1 Å². The third kappa shape index (κ3) is 3.48. The Labute approximate surface area is 185 Å². The van der Waals surface area contributed by atoms with E-state index in [2.05, 4.69) is 44.6 Å². The van der Waals surface area contributed by atoms with Crippen LogP contribution in [-0.4, -0.2) is 53.0 Å². The second-order valence-corrected chi connectivity index (χ2v) is 7.71. The number of amidine groups is 1. The molecule has 0 amide bonds. The van der Waals surface area contributed by atoms with Crippen LogP contribution in [0.25, 0.3) is 27.6 Å². The van der Waals surface area contributed by atoms with Gasteiger partial charge in [0.15, 0.2) is 0 Å². The van der Waals surface area contributed by atoms with E-state index in [0.29, 0.717) is 13.2 Å². The number of anilines is 1. The molecule has 8 heteroatoms. The quantitative estimate of drug-likeness (QED) is 0.376. The van der Waals surface area contributed by atoms with Crippen LogP contribution in [0.3, 0.4) is 0 Å². The Morgan fingerprint density at radius 1 is 1.19 bits per heavy atom. The van der Waals surface area contributed by atoms with Crippen molar-refractivity contribution in [2.24, 2.45) is 10.7 Å². The molecule has 3 heterocycles. The number of hydrogen-bond acceptors (Lipinski definition) is 5. The minimum Gasteiger partial charge on any atom is -0.383 e. The Kier molecular flexibility index (Phi) is 5.28. The lowest BCUT2D eigenvalue weighted by Crippen LogP contribution is -2.36. The molecule has 0 aliphatic carbocycles. The highest BCUT2D eigenvalue weighted by atomic mass is 16.5. The molecular weight excluding hydrogens is 402 g/mol. The first-order valence-corrected chi connectivity index (χ1v) is 10.8. The van der Waals surface area contributed by atoms with Crippen molar-refractivity contribution in [3.8, 4) is 5.69 Å². The minimum absolute atomic E-state index is 0.282. The van der Waals surface area contributed by atoms with E-state index in [9.17, 15) is 0 Å². The number of imidazole rings is 1.